The highest BCUT2D eigenvalue weighted by Crippen LogP contribution is 2.21. The maximum Gasteiger partial charge on any atom is 0.410 e. The van der Waals surface area contributed by atoms with E-state index >= 15 is 0 Å². The van der Waals surface area contributed by atoms with Gasteiger partial charge < -0.3 is 9.64 Å². The summed E-state index contributed by atoms with van der Waals surface area (Å²) in [6, 6.07) is 9.99. The highest BCUT2D eigenvalue weighted by molar-refractivity contribution is 5.68. The number of likely N-dealkylation sites (tertiary alicyclic amines) is 1. The molecule has 0 N–H and O–H groups in total. The average Bonchev–Trinajstić information content (AvgIpc) is 2.52. The topological polar surface area (TPSA) is 29.5 Å². The van der Waals surface area contributed by atoms with Gasteiger partial charge in [0.1, 0.15) is 6.61 Å². The van der Waals surface area contributed by atoms with E-state index in [-0.39, 0.29) is 12.1 Å². The van der Waals surface area contributed by atoms with Crippen molar-refractivity contribution in [2.45, 2.75) is 44.8 Å². The van der Waals surface area contributed by atoms with Crippen molar-refractivity contribution in [3.63, 3.8) is 0 Å². The van der Waals surface area contributed by atoms with Crippen molar-refractivity contribution in [2.24, 2.45) is 0 Å². The highest BCUT2D eigenvalue weighted by Gasteiger charge is 2.27. The third kappa shape index (κ3) is 4.03. The normalized spacial score (nSPS) is 18.4. The molecule has 1 aliphatic rings. The van der Waals surface area contributed by atoms with Crippen LogP contribution in [0.1, 0.15) is 37.7 Å². The zero-order chi connectivity index (χ0) is 14.2. The highest BCUT2D eigenvalue weighted by atomic mass is 16.6. The SMILES string of the molecule is C#CCCC1CCCCN1C(=O)OCc1ccccc1. The lowest BCUT2D eigenvalue weighted by Crippen LogP contribution is -2.43. The van der Waals surface area contributed by atoms with Crippen molar-refractivity contribution < 1.29 is 9.53 Å². The molecule has 2 rings (SSSR count). The Morgan fingerprint density at radius 2 is 2.15 bits per heavy atom. The Bertz CT molecular complexity index is 464. The zero-order valence-corrected chi connectivity index (χ0v) is 11.8. The molecule has 1 aliphatic heterocycles. The molecule has 1 atom stereocenters. The molecule has 1 fully saturated rings. The number of carbonyl (C=O) groups is 1. The van der Waals surface area contributed by atoms with Crippen LogP contribution >= 0.6 is 0 Å². The van der Waals surface area contributed by atoms with Gasteiger partial charge in [-0.15, -0.1) is 12.3 Å². The Labute approximate surface area is 120 Å². The van der Waals surface area contributed by atoms with Crippen LogP contribution in [0.4, 0.5) is 4.79 Å². The largest absolute Gasteiger partial charge is 0.445 e. The fourth-order valence-corrected chi connectivity index (χ4v) is 2.59. The Morgan fingerprint density at radius 1 is 1.35 bits per heavy atom. The van der Waals surface area contributed by atoms with Gasteiger partial charge in [0.25, 0.3) is 0 Å². The van der Waals surface area contributed by atoms with Crippen LogP contribution in [0, 0.1) is 12.3 Å². The Balaban J connectivity index is 1.87. The maximum atomic E-state index is 12.2. The molecule has 1 aromatic carbocycles. The number of amides is 1. The van der Waals surface area contributed by atoms with Gasteiger partial charge in [0.05, 0.1) is 0 Å². The predicted octanol–water partition coefficient (Wildman–Crippen LogP) is 3.59. The number of ether oxygens (including phenoxy) is 1. The number of hydrogen-bond acceptors (Lipinski definition) is 2. The number of rotatable bonds is 4. The second-order valence-electron chi connectivity index (χ2n) is 5.13. The third-order valence-corrected chi connectivity index (χ3v) is 3.69. The molecular formula is C17H21NO2. The number of piperidine rings is 1. The minimum atomic E-state index is -0.212. The van der Waals surface area contributed by atoms with Crippen molar-refractivity contribution in [2.75, 3.05) is 6.54 Å². The van der Waals surface area contributed by atoms with Gasteiger partial charge in [0.2, 0.25) is 0 Å². The summed E-state index contributed by atoms with van der Waals surface area (Å²) >= 11 is 0. The predicted molar refractivity (Wildman–Crippen MR) is 79.0 cm³/mol. The summed E-state index contributed by atoms with van der Waals surface area (Å²) < 4.78 is 5.41. The van der Waals surface area contributed by atoms with Crippen LogP contribution in [0.2, 0.25) is 0 Å². The standard InChI is InChI=1S/C17H21NO2/c1-2-3-11-16-12-7-8-13-18(16)17(19)20-14-15-9-5-4-6-10-15/h1,4-6,9-10,16H,3,7-8,11-14H2. The van der Waals surface area contributed by atoms with Crippen molar-refractivity contribution in [1.82, 2.24) is 4.90 Å². The van der Waals surface area contributed by atoms with E-state index in [2.05, 4.69) is 5.92 Å². The number of carbonyl (C=O) groups excluding carboxylic acids is 1. The lowest BCUT2D eigenvalue weighted by atomic mass is 9.99. The average molecular weight is 271 g/mol. The van der Waals surface area contributed by atoms with Crippen LogP contribution in [-0.2, 0) is 11.3 Å². The molecule has 0 radical (unpaired) electrons. The van der Waals surface area contributed by atoms with E-state index < -0.39 is 0 Å². The minimum absolute atomic E-state index is 0.212. The molecule has 0 bridgehead atoms. The fraction of sp³-hybridized carbons (Fsp3) is 0.471. The first kappa shape index (κ1) is 14.5. The van der Waals surface area contributed by atoms with Crippen LogP contribution in [0.15, 0.2) is 30.3 Å². The summed E-state index contributed by atoms with van der Waals surface area (Å²) in [6.45, 7) is 1.11. The van der Waals surface area contributed by atoms with Crippen LogP contribution < -0.4 is 0 Å². The number of terminal acetylenes is 1. The van der Waals surface area contributed by atoms with E-state index in [1.807, 2.05) is 35.2 Å². The van der Waals surface area contributed by atoms with E-state index in [0.717, 1.165) is 37.8 Å². The molecular weight excluding hydrogens is 250 g/mol. The van der Waals surface area contributed by atoms with E-state index in [0.29, 0.717) is 13.0 Å². The summed E-state index contributed by atoms with van der Waals surface area (Å²) in [5.41, 5.74) is 1.01. The molecule has 0 aromatic heterocycles. The molecule has 0 aliphatic carbocycles. The maximum absolute atomic E-state index is 12.2. The smallest absolute Gasteiger partial charge is 0.410 e. The first-order valence-corrected chi connectivity index (χ1v) is 7.22. The second kappa shape index (κ2) is 7.59. The molecule has 1 amide bonds. The van der Waals surface area contributed by atoms with Gasteiger partial charge in [-0.2, -0.15) is 0 Å². The molecule has 20 heavy (non-hydrogen) atoms. The summed E-state index contributed by atoms with van der Waals surface area (Å²) in [6.07, 6.45) is 9.94. The van der Waals surface area contributed by atoms with Gasteiger partial charge in [0, 0.05) is 19.0 Å². The molecule has 1 heterocycles. The van der Waals surface area contributed by atoms with Gasteiger partial charge in [-0.25, -0.2) is 4.79 Å². The summed E-state index contributed by atoms with van der Waals surface area (Å²) in [7, 11) is 0. The van der Waals surface area contributed by atoms with E-state index in [1.165, 1.54) is 0 Å². The van der Waals surface area contributed by atoms with Gasteiger partial charge in [-0.05, 0) is 31.2 Å². The summed E-state index contributed by atoms with van der Waals surface area (Å²) in [5.74, 6) is 2.65. The molecule has 106 valence electrons. The molecule has 1 saturated heterocycles. The lowest BCUT2D eigenvalue weighted by Gasteiger charge is -2.34. The molecule has 3 nitrogen and oxygen atoms in total. The van der Waals surface area contributed by atoms with E-state index in [9.17, 15) is 4.79 Å². The summed E-state index contributed by atoms with van der Waals surface area (Å²) in [5, 5.41) is 0. The van der Waals surface area contributed by atoms with Crippen molar-refractivity contribution in [1.29, 1.82) is 0 Å². The quantitative estimate of drug-likeness (QED) is 0.783. The van der Waals surface area contributed by atoms with E-state index in [4.69, 9.17) is 11.2 Å². The Hall–Kier alpha value is -1.95. The monoisotopic (exact) mass is 271 g/mol. The lowest BCUT2D eigenvalue weighted by molar-refractivity contribution is 0.0664. The fourth-order valence-electron chi connectivity index (χ4n) is 2.59. The van der Waals surface area contributed by atoms with Crippen molar-refractivity contribution in [3.8, 4) is 12.3 Å². The number of nitrogens with zero attached hydrogens (tertiary/aromatic N) is 1. The Morgan fingerprint density at radius 3 is 2.90 bits per heavy atom. The van der Waals surface area contributed by atoms with Crippen LogP contribution in [0.3, 0.4) is 0 Å². The van der Waals surface area contributed by atoms with Crippen LogP contribution in [-0.4, -0.2) is 23.6 Å². The minimum Gasteiger partial charge on any atom is -0.445 e. The Kier molecular flexibility index (Phi) is 5.49. The van der Waals surface area contributed by atoms with Crippen molar-refractivity contribution in [3.05, 3.63) is 35.9 Å². The number of benzene rings is 1. The molecule has 0 spiro atoms. The first-order valence-electron chi connectivity index (χ1n) is 7.22. The zero-order valence-electron chi connectivity index (χ0n) is 11.8. The van der Waals surface area contributed by atoms with Gasteiger partial charge >= 0.3 is 6.09 Å². The van der Waals surface area contributed by atoms with Gasteiger partial charge in [-0.1, -0.05) is 30.3 Å². The van der Waals surface area contributed by atoms with Crippen molar-refractivity contribution >= 4 is 6.09 Å². The van der Waals surface area contributed by atoms with Crippen LogP contribution in [0.5, 0.6) is 0 Å². The summed E-state index contributed by atoms with van der Waals surface area (Å²) in [4.78, 5) is 14.0. The van der Waals surface area contributed by atoms with Gasteiger partial charge in [-0.3, -0.25) is 0 Å². The van der Waals surface area contributed by atoms with Gasteiger partial charge in [0.15, 0.2) is 0 Å². The molecule has 1 aromatic rings. The first-order chi connectivity index (χ1) is 9.81. The second-order valence-corrected chi connectivity index (χ2v) is 5.13. The third-order valence-electron chi connectivity index (χ3n) is 3.69. The number of hydrogen-bond donors (Lipinski definition) is 0. The molecule has 3 heteroatoms. The molecule has 1 unspecified atom stereocenters. The molecule has 0 saturated carbocycles. The van der Waals surface area contributed by atoms with E-state index in [1.54, 1.807) is 0 Å². The van der Waals surface area contributed by atoms with Crippen LogP contribution in [0.25, 0.3) is 0 Å².